The highest BCUT2D eigenvalue weighted by molar-refractivity contribution is 5.99. The van der Waals surface area contributed by atoms with E-state index in [1.54, 1.807) is 6.92 Å². The Morgan fingerprint density at radius 2 is 2.18 bits per heavy atom. The molecule has 1 aromatic rings. The zero-order valence-corrected chi connectivity index (χ0v) is 11.7. The first-order valence-electron chi connectivity index (χ1n) is 6.58. The quantitative estimate of drug-likeness (QED) is 0.800. The van der Waals surface area contributed by atoms with Crippen molar-refractivity contribution in [1.29, 1.82) is 0 Å². The Morgan fingerprint density at radius 1 is 1.45 bits per heavy atom. The average Bonchev–Trinajstić information content (AvgIpc) is 2.80. The first-order chi connectivity index (χ1) is 10.3. The second-order valence-electron chi connectivity index (χ2n) is 4.61. The van der Waals surface area contributed by atoms with Crippen molar-refractivity contribution in [3.05, 3.63) is 29.8 Å². The summed E-state index contributed by atoms with van der Waals surface area (Å²) in [5.74, 6) is -1.15. The maximum Gasteiger partial charge on any atom is 0.416 e. The van der Waals surface area contributed by atoms with Gasteiger partial charge >= 0.3 is 12.1 Å². The topological polar surface area (TPSA) is 55.8 Å². The minimum absolute atomic E-state index is 0.0752. The number of ether oxygens (including phenoxy) is 2. The summed E-state index contributed by atoms with van der Waals surface area (Å²) in [6.07, 6.45) is -5.79. The Bertz CT molecular complexity index is 573. The summed E-state index contributed by atoms with van der Waals surface area (Å²) >= 11 is 0. The Morgan fingerprint density at radius 3 is 2.82 bits per heavy atom. The summed E-state index contributed by atoms with van der Waals surface area (Å²) in [4.78, 5) is 24.5. The number of carbonyl (C=O) groups excluding carboxylic acids is 2. The molecular weight excluding hydrogens is 303 g/mol. The lowest BCUT2D eigenvalue weighted by Gasteiger charge is -2.16. The Balaban J connectivity index is 2.11. The van der Waals surface area contributed by atoms with Crippen LogP contribution in [0.1, 0.15) is 18.9 Å². The molecule has 1 fully saturated rings. The van der Waals surface area contributed by atoms with Crippen LogP contribution in [0.25, 0.3) is 0 Å². The van der Waals surface area contributed by atoms with E-state index in [9.17, 15) is 22.8 Å². The van der Waals surface area contributed by atoms with Gasteiger partial charge in [0.15, 0.2) is 0 Å². The third-order valence-electron chi connectivity index (χ3n) is 3.09. The number of amides is 1. The second kappa shape index (κ2) is 6.35. The van der Waals surface area contributed by atoms with Crippen LogP contribution in [0.4, 0.5) is 18.9 Å². The van der Waals surface area contributed by atoms with Gasteiger partial charge < -0.3 is 9.47 Å². The van der Waals surface area contributed by atoms with Gasteiger partial charge in [0, 0.05) is 5.69 Å². The summed E-state index contributed by atoms with van der Waals surface area (Å²) in [6, 6.07) is 4.38. The van der Waals surface area contributed by atoms with Crippen LogP contribution < -0.4 is 4.90 Å². The number of hydrogen-bond donors (Lipinski definition) is 0. The van der Waals surface area contributed by atoms with E-state index in [0.717, 1.165) is 17.0 Å². The summed E-state index contributed by atoms with van der Waals surface area (Å²) in [5.41, 5.74) is -0.780. The molecule has 1 unspecified atom stereocenters. The summed E-state index contributed by atoms with van der Waals surface area (Å²) in [5, 5.41) is 0. The van der Waals surface area contributed by atoms with Crippen molar-refractivity contribution in [2.75, 3.05) is 18.2 Å². The number of alkyl halides is 3. The fourth-order valence-electron chi connectivity index (χ4n) is 2.04. The lowest BCUT2D eigenvalue weighted by molar-refractivity contribution is -0.147. The number of rotatable bonds is 4. The molecule has 0 N–H and O–H groups in total. The fourth-order valence-corrected chi connectivity index (χ4v) is 2.04. The van der Waals surface area contributed by atoms with Crippen LogP contribution in [0.2, 0.25) is 0 Å². The van der Waals surface area contributed by atoms with Crippen molar-refractivity contribution >= 4 is 17.6 Å². The van der Waals surface area contributed by atoms with Crippen LogP contribution in [0.3, 0.4) is 0 Å². The standard InChI is InChI=1S/C14H14F3NO4/c1-2-21-12(19)7-11-13(20)18(8-22-11)10-5-3-4-9(6-10)14(15,16)17/h3-6,11H,2,7-8H2,1H3. The van der Waals surface area contributed by atoms with Crippen LogP contribution in [0, 0.1) is 0 Å². The molecule has 0 radical (unpaired) electrons. The molecule has 1 amide bonds. The smallest absolute Gasteiger partial charge is 0.416 e. The Kier molecular flexibility index (Phi) is 4.70. The molecule has 0 spiro atoms. The second-order valence-corrected chi connectivity index (χ2v) is 4.61. The van der Waals surface area contributed by atoms with E-state index in [4.69, 9.17) is 9.47 Å². The number of halogens is 3. The maximum absolute atomic E-state index is 12.7. The molecule has 1 aliphatic rings. The molecule has 1 heterocycles. The molecule has 1 aromatic carbocycles. The predicted molar refractivity (Wildman–Crippen MR) is 69.9 cm³/mol. The molecule has 1 saturated heterocycles. The zero-order valence-electron chi connectivity index (χ0n) is 11.7. The van der Waals surface area contributed by atoms with Crippen molar-refractivity contribution in [3.8, 4) is 0 Å². The molecule has 1 aliphatic heterocycles. The Labute approximate surface area is 124 Å². The number of anilines is 1. The first-order valence-corrected chi connectivity index (χ1v) is 6.58. The van der Waals surface area contributed by atoms with Gasteiger partial charge in [-0.25, -0.2) is 0 Å². The summed E-state index contributed by atoms with van der Waals surface area (Å²) < 4.78 is 48.0. The number of benzene rings is 1. The van der Waals surface area contributed by atoms with Crippen LogP contribution in [-0.2, 0) is 25.2 Å². The van der Waals surface area contributed by atoms with Crippen molar-refractivity contribution in [2.45, 2.75) is 25.6 Å². The van der Waals surface area contributed by atoms with E-state index in [1.165, 1.54) is 12.1 Å². The third kappa shape index (κ3) is 3.56. The minimum atomic E-state index is -4.50. The van der Waals surface area contributed by atoms with Crippen LogP contribution in [0.15, 0.2) is 24.3 Å². The molecule has 22 heavy (non-hydrogen) atoms. The number of esters is 1. The van der Waals surface area contributed by atoms with Gasteiger partial charge in [-0.15, -0.1) is 0 Å². The molecule has 0 aromatic heterocycles. The van der Waals surface area contributed by atoms with E-state index >= 15 is 0 Å². The van der Waals surface area contributed by atoms with Crippen LogP contribution >= 0.6 is 0 Å². The molecule has 8 heteroatoms. The predicted octanol–water partition coefficient (Wildman–Crippen LogP) is 2.35. The average molecular weight is 317 g/mol. The van der Waals surface area contributed by atoms with Gasteiger partial charge in [0.1, 0.15) is 12.8 Å². The number of nitrogens with zero attached hydrogens (tertiary/aromatic N) is 1. The molecule has 120 valence electrons. The molecule has 1 atom stereocenters. The normalized spacial score (nSPS) is 18.6. The number of carbonyl (C=O) groups is 2. The van der Waals surface area contributed by atoms with Crippen molar-refractivity contribution in [3.63, 3.8) is 0 Å². The first kappa shape index (κ1) is 16.3. The molecule has 0 saturated carbocycles. The van der Waals surface area contributed by atoms with Gasteiger partial charge in [0.05, 0.1) is 18.6 Å². The van der Waals surface area contributed by atoms with Gasteiger partial charge in [-0.05, 0) is 25.1 Å². The van der Waals surface area contributed by atoms with Gasteiger partial charge in [-0.2, -0.15) is 13.2 Å². The van der Waals surface area contributed by atoms with E-state index in [2.05, 4.69) is 0 Å². The highest BCUT2D eigenvalue weighted by Gasteiger charge is 2.37. The molecule has 5 nitrogen and oxygen atoms in total. The van der Waals surface area contributed by atoms with E-state index in [1.807, 2.05) is 0 Å². The lowest BCUT2D eigenvalue weighted by Crippen LogP contribution is -2.31. The fraction of sp³-hybridized carbons (Fsp3) is 0.429. The maximum atomic E-state index is 12.7. The van der Waals surface area contributed by atoms with Crippen molar-refractivity contribution < 1.29 is 32.2 Å². The summed E-state index contributed by atoms with van der Waals surface area (Å²) in [7, 11) is 0. The highest BCUT2D eigenvalue weighted by atomic mass is 19.4. The highest BCUT2D eigenvalue weighted by Crippen LogP contribution is 2.32. The van der Waals surface area contributed by atoms with Gasteiger partial charge in [0.25, 0.3) is 5.91 Å². The van der Waals surface area contributed by atoms with E-state index in [-0.39, 0.29) is 25.4 Å². The monoisotopic (exact) mass is 317 g/mol. The lowest BCUT2D eigenvalue weighted by atomic mass is 10.1. The third-order valence-corrected chi connectivity index (χ3v) is 3.09. The zero-order chi connectivity index (χ0) is 16.3. The number of hydrogen-bond acceptors (Lipinski definition) is 4. The SMILES string of the molecule is CCOC(=O)CC1OCN(c2cccc(C(F)(F)F)c2)C1=O. The van der Waals surface area contributed by atoms with Gasteiger partial charge in [0.2, 0.25) is 0 Å². The largest absolute Gasteiger partial charge is 0.466 e. The minimum Gasteiger partial charge on any atom is -0.466 e. The Hall–Kier alpha value is -2.09. The summed E-state index contributed by atoms with van der Waals surface area (Å²) in [6.45, 7) is 1.60. The van der Waals surface area contributed by atoms with Crippen molar-refractivity contribution in [1.82, 2.24) is 0 Å². The van der Waals surface area contributed by atoms with Crippen LogP contribution in [0.5, 0.6) is 0 Å². The molecule has 2 rings (SSSR count). The van der Waals surface area contributed by atoms with Crippen LogP contribution in [-0.4, -0.2) is 31.3 Å². The molecule has 0 aliphatic carbocycles. The molecular formula is C14H14F3NO4. The van der Waals surface area contributed by atoms with Gasteiger partial charge in [-0.1, -0.05) is 6.07 Å². The van der Waals surface area contributed by atoms with Crippen molar-refractivity contribution in [2.24, 2.45) is 0 Å². The molecule has 0 bridgehead atoms. The van der Waals surface area contributed by atoms with E-state index < -0.39 is 29.7 Å². The van der Waals surface area contributed by atoms with Gasteiger partial charge in [-0.3, -0.25) is 14.5 Å². The van der Waals surface area contributed by atoms with E-state index in [0.29, 0.717) is 0 Å².